The zero-order chi connectivity index (χ0) is 19.1. The second-order valence-electron chi connectivity index (χ2n) is 7.94. The summed E-state index contributed by atoms with van der Waals surface area (Å²) in [5.74, 6) is -0.285. The molecule has 0 unspecified atom stereocenters. The lowest BCUT2D eigenvalue weighted by Gasteiger charge is -2.28. The molecule has 0 spiro atoms. The van der Waals surface area contributed by atoms with Gasteiger partial charge >= 0.3 is 6.03 Å². The first-order chi connectivity index (χ1) is 13.0. The molecule has 0 N–H and O–H groups in total. The summed E-state index contributed by atoms with van der Waals surface area (Å²) in [5.41, 5.74) is 1.34. The zero-order valence-electron chi connectivity index (χ0n) is 15.6. The van der Waals surface area contributed by atoms with Crippen LogP contribution >= 0.6 is 0 Å². The summed E-state index contributed by atoms with van der Waals surface area (Å²) in [7, 11) is 0. The molecule has 0 bridgehead atoms. The Morgan fingerprint density at radius 1 is 1.04 bits per heavy atom. The lowest BCUT2D eigenvalue weighted by molar-refractivity contribution is 0.195. The van der Waals surface area contributed by atoms with E-state index in [1.165, 1.54) is 18.2 Å². The Bertz CT molecular complexity index is 836. The van der Waals surface area contributed by atoms with Crippen molar-refractivity contribution in [3.63, 3.8) is 0 Å². The van der Waals surface area contributed by atoms with Crippen molar-refractivity contribution in [2.24, 2.45) is 5.92 Å². The highest BCUT2D eigenvalue weighted by Gasteiger charge is 2.53. The standard InChI is InChI=1S/C22H24F2N2O/c1-14(2)13-25-20-12-11-18(17-5-3-4-6-19(17)24)21(20)26(22(25)27)16-9-7-15(23)8-10-16/h3-10,14,18,20-21H,11-13H2,1-2H3/t18-,20-,21+/m0/s1. The van der Waals surface area contributed by atoms with Gasteiger partial charge in [-0.2, -0.15) is 0 Å². The van der Waals surface area contributed by atoms with Crippen molar-refractivity contribution in [3.8, 4) is 0 Å². The molecule has 0 aromatic heterocycles. The average Bonchev–Trinajstić information content (AvgIpc) is 3.16. The number of anilines is 1. The van der Waals surface area contributed by atoms with Crippen LogP contribution in [0.3, 0.4) is 0 Å². The summed E-state index contributed by atoms with van der Waals surface area (Å²) in [6, 6.07) is 12.7. The van der Waals surface area contributed by atoms with Crippen LogP contribution in [0.1, 0.15) is 38.2 Å². The van der Waals surface area contributed by atoms with Gasteiger partial charge in [0.1, 0.15) is 11.6 Å². The van der Waals surface area contributed by atoms with E-state index in [1.807, 2.05) is 17.0 Å². The van der Waals surface area contributed by atoms with Crippen molar-refractivity contribution >= 4 is 11.7 Å². The molecule has 142 valence electrons. The Kier molecular flexibility index (Phi) is 4.62. The van der Waals surface area contributed by atoms with Gasteiger partial charge in [-0.25, -0.2) is 13.6 Å². The van der Waals surface area contributed by atoms with Crippen molar-refractivity contribution in [2.75, 3.05) is 11.4 Å². The van der Waals surface area contributed by atoms with E-state index in [0.717, 1.165) is 12.8 Å². The fourth-order valence-corrected chi connectivity index (χ4v) is 4.67. The van der Waals surface area contributed by atoms with Crippen LogP contribution in [0.2, 0.25) is 0 Å². The smallest absolute Gasteiger partial charge is 0.319 e. The molecular formula is C22H24F2N2O. The van der Waals surface area contributed by atoms with Gasteiger partial charge in [0.2, 0.25) is 0 Å². The summed E-state index contributed by atoms with van der Waals surface area (Å²) >= 11 is 0. The minimum absolute atomic E-state index is 0.0505. The van der Waals surface area contributed by atoms with Crippen molar-refractivity contribution in [1.29, 1.82) is 0 Å². The highest BCUT2D eigenvalue weighted by atomic mass is 19.1. The third-order valence-electron chi connectivity index (χ3n) is 5.70. The molecule has 2 aliphatic rings. The number of urea groups is 1. The zero-order valence-corrected chi connectivity index (χ0v) is 15.6. The van der Waals surface area contributed by atoms with Crippen LogP contribution in [0.5, 0.6) is 0 Å². The number of hydrogen-bond donors (Lipinski definition) is 0. The van der Waals surface area contributed by atoms with Crippen LogP contribution in [-0.4, -0.2) is 29.6 Å². The van der Waals surface area contributed by atoms with Gasteiger partial charge in [-0.1, -0.05) is 32.0 Å². The average molecular weight is 370 g/mol. The van der Waals surface area contributed by atoms with Crippen LogP contribution in [0.4, 0.5) is 19.3 Å². The van der Waals surface area contributed by atoms with E-state index in [9.17, 15) is 13.6 Å². The maximum atomic E-state index is 14.5. The fourth-order valence-electron chi connectivity index (χ4n) is 4.67. The number of fused-ring (bicyclic) bond motifs is 1. The molecule has 1 aliphatic heterocycles. The first-order valence-corrected chi connectivity index (χ1v) is 9.57. The first kappa shape index (κ1) is 18.0. The van der Waals surface area contributed by atoms with Gasteiger partial charge in [-0.15, -0.1) is 0 Å². The van der Waals surface area contributed by atoms with Gasteiger partial charge in [0.05, 0.1) is 12.1 Å². The fraction of sp³-hybridized carbons (Fsp3) is 0.409. The SMILES string of the molecule is CC(C)CN1C(=O)N(c2ccc(F)cc2)[C@@H]2[C@H](c3ccccc3F)CC[C@@H]21. The van der Waals surface area contributed by atoms with Crippen molar-refractivity contribution in [2.45, 2.75) is 44.7 Å². The molecule has 1 saturated carbocycles. The summed E-state index contributed by atoms with van der Waals surface area (Å²) in [5, 5.41) is 0. The third kappa shape index (κ3) is 3.09. The number of nitrogens with zero attached hydrogens (tertiary/aromatic N) is 2. The van der Waals surface area contributed by atoms with Gasteiger partial charge in [-0.05, 0) is 54.7 Å². The molecule has 4 rings (SSSR count). The number of halogens is 2. The van der Waals surface area contributed by atoms with E-state index in [-0.39, 0.29) is 35.7 Å². The Balaban J connectivity index is 1.77. The highest BCUT2D eigenvalue weighted by Crippen LogP contribution is 2.47. The molecule has 1 heterocycles. The second-order valence-corrected chi connectivity index (χ2v) is 7.94. The third-order valence-corrected chi connectivity index (χ3v) is 5.70. The van der Waals surface area contributed by atoms with E-state index < -0.39 is 0 Å². The Morgan fingerprint density at radius 3 is 2.41 bits per heavy atom. The van der Waals surface area contributed by atoms with E-state index in [1.54, 1.807) is 23.1 Å². The monoisotopic (exact) mass is 370 g/mol. The van der Waals surface area contributed by atoms with Gasteiger partial charge in [0.25, 0.3) is 0 Å². The van der Waals surface area contributed by atoms with Crippen LogP contribution < -0.4 is 4.90 Å². The largest absolute Gasteiger partial charge is 0.325 e. The molecule has 0 radical (unpaired) electrons. The van der Waals surface area contributed by atoms with Crippen LogP contribution in [-0.2, 0) is 0 Å². The van der Waals surface area contributed by atoms with Crippen molar-refractivity contribution < 1.29 is 13.6 Å². The molecule has 3 nitrogen and oxygen atoms in total. The lowest BCUT2D eigenvalue weighted by atomic mass is 9.92. The second kappa shape index (κ2) is 6.95. The van der Waals surface area contributed by atoms with E-state index in [0.29, 0.717) is 23.7 Å². The van der Waals surface area contributed by atoms with Crippen LogP contribution in [0.25, 0.3) is 0 Å². The van der Waals surface area contributed by atoms with E-state index in [4.69, 9.17) is 0 Å². The Hall–Kier alpha value is -2.43. The number of amides is 2. The molecular weight excluding hydrogens is 346 g/mol. The highest BCUT2D eigenvalue weighted by molar-refractivity contribution is 5.96. The molecule has 2 amide bonds. The molecule has 2 aromatic carbocycles. The Morgan fingerprint density at radius 2 is 1.74 bits per heavy atom. The minimum atomic E-state index is -0.335. The molecule has 5 heteroatoms. The number of hydrogen-bond acceptors (Lipinski definition) is 1. The molecule has 2 aromatic rings. The first-order valence-electron chi connectivity index (χ1n) is 9.57. The normalized spacial score (nSPS) is 24.8. The molecule has 1 saturated heterocycles. The summed E-state index contributed by atoms with van der Waals surface area (Å²) in [6.45, 7) is 4.85. The van der Waals surface area contributed by atoms with Crippen LogP contribution in [0.15, 0.2) is 48.5 Å². The van der Waals surface area contributed by atoms with Gasteiger partial charge < -0.3 is 4.90 Å². The maximum Gasteiger partial charge on any atom is 0.325 e. The van der Waals surface area contributed by atoms with E-state index >= 15 is 0 Å². The molecule has 27 heavy (non-hydrogen) atoms. The number of rotatable bonds is 4. The maximum absolute atomic E-state index is 14.5. The van der Waals surface area contributed by atoms with Crippen LogP contribution in [0, 0.1) is 17.6 Å². The Labute approximate surface area is 158 Å². The molecule has 1 aliphatic carbocycles. The topological polar surface area (TPSA) is 23.6 Å². The number of carbonyl (C=O) groups is 1. The number of benzene rings is 2. The quantitative estimate of drug-likeness (QED) is 0.728. The minimum Gasteiger partial charge on any atom is -0.319 e. The van der Waals surface area contributed by atoms with Gasteiger partial charge in [-0.3, -0.25) is 4.90 Å². The molecule has 3 atom stereocenters. The summed E-state index contributed by atoms with van der Waals surface area (Å²) in [6.07, 6.45) is 1.68. The van der Waals surface area contributed by atoms with Gasteiger partial charge in [0.15, 0.2) is 0 Å². The summed E-state index contributed by atoms with van der Waals surface area (Å²) < 4.78 is 27.9. The lowest BCUT2D eigenvalue weighted by Crippen LogP contribution is -2.38. The molecule has 2 fully saturated rings. The van der Waals surface area contributed by atoms with E-state index in [2.05, 4.69) is 13.8 Å². The van der Waals surface area contributed by atoms with Crippen molar-refractivity contribution in [1.82, 2.24) is 4.90 Å². The predicted octanol–water partition coefficient (Wildman–Crippen LogP) is 5.18. The summed E-state index contributed by atoms with van der Waals surface area (Å²) in [4.78, 5) is 17.0. The predicted molar refractivity (Wildman–Crippen MR) is 102 cm³/mol. The van der Waals surface area contributed by atoms with Crippen molar-refractivity contribution in [3.05, 3.63) is 65.7 Å². The number of carbonyl (C=O) groups excluding carboxylic acids is 1. The van der Waals surface area contributed by atoms with Gasteiger partial charge in [0, 0.05) is 18.2 Å².